The number of carboxylic acid groups (broad SMARTS) is 1. The smallest absolute Gasteiger partial charge is 0.407 e. The molecule has 1 aliphatic heterocycles. The number of aromatic nitrogens is 3. The first-order valence-electron chi connectivity index (χ1n) is 38.3. The summed E-state index contributed by atoms with van der Waals surface area (Å²) in [5.74, 6) is -8.52. The predicted octanol–water partition coefficient (Wildman–Crippen LogP) is 11.0. The number of nitrogens with zero attached hydrogens (tertiary/aromatic N) is 4. The largest absolute Gasteiger partial charge is 0.481 e. The van der Waals surface area contributed by atoms with Crippen molar-refractivity contribution in [2.75, 3.05) is 18.8 Å². The summed E-state index contributed by atoms with van der Waals surface area (Å²) >= 11 is 3.97. The highest BCUT2D eigenvalue weighted by atomic mass is 32.2. The van der Waals surface area contributed by atoms with Crippen molar-refractivity contribution in [1.82, 2.24) is 57.5 Å². The Kier molecular flexibility index (Phi) is 50.0. The van der Waals surface area contributed by atoms with Gasteiger partial charge in [-0.3, -0.25) is 43.2 Å². The summed E-state index contributed by atoms with van der Waals surface area (Å²) in [6, 6.07) is 8.98. The SMILES string of the molecule is C/C=C(\NC(=O)c1nc(CN)ccc1SC)C(=O)N[C@H](C(=O)O[C@H](/C=C/CCC)CC(=O)O)C(C)C.C/C=C(\NC(=O)c1nc(CNC(=O)OC(C)(C)C)ccc1SC)C(=O)N[C@H](C(=O)O[C@H](/C=C/CCC)CC(C)=O)C(C)C.C/C=C1\NC(=O)c2nc(ccc2SC)CNC(=O)C[C@@H](/C=C/CCC)OC(=O)[C@H](C(C)C)NC1=O.CC#N. The molecule has 642 valence electrons. The molecular weight excluding hydrogens is 1560 g/mol. The summed E-state index contributed by atoms with van der Waals surface area (Å²) in [5, 5.41) is 37.5. The second-order valence-corrected chi connectivity index (χ2v) is 30.5. The Morgan fingerprint density at radius 3 is 1.59 bits per heavy atom. The number of hydrogen-bond donors (Lipinski definition) is 10. The number of allylic oxidation sites excluding steroid dienone is 6. The molecule has 0 saturated carbocycles. The lowest BCUT2D eigenvalue weighted by molar-refractivity contribution is -0.155. The number of carboxylic acids is 1. The van der Waals surface area contributed by atoms with Gasteiger partial charge >= 0.3 is 30.0 Å². The number of unbranched alkanes of at least 4 members (excludes halogenated alkanes) is 3. The maximum absolute atomic E-state index is 13.3. The summed E-state index contributed by atoms with van der Waals surface area (Å²) < 4.78 is 21.8. The number of carbonyl (C=O) groups excluding carboxylic acids is 12. The van der Waals surface area contributed by atoms with Gasteiger partial charge in [-0.1, -0.05) is 118 Å². The molecule has 3 aromatic rings. The molecule has 11 N–H and O–H groups in total. The fourth-order valence-corrected chi connectivity index (χ4v) is 11.6. The molecule has 0 spiro atoms. The summed E-state index contributed by atoms with van der Waals surface area (Å²) in [4.78, 5) is 180. The minimum absolute atomic E-state index is 0.00695. The van der Waals surface area contributed by atoms with Crippen LogP contribution in [0.15, 0.2) is 123 Å². The first-order chi connectivity index (χ1) is 55.3. The molecule has 6 atom stereocenters. The number of carbonyl (C=O) groups is 13. The van der Waals surface area contributed by atoms with E-state index in [9.17, 15) is 62.3 Å². The number of rotatable bonds is 34. The Morgan fingerprint density at radius 2 is 1.16 bits per heavy atom. The summed E-state index contributed by atoms with van der Waals surface area (Å²) in [5.41, 5.74) is 6.56. The molecule has 0 radical (unpaired) electrons. The van der Waals surface area contributed by atoms with Gasteiger partial charge in [-0.25, -0.2) is 34.1 Å². The average molecular weight is 1680 g/mol. The van der Waals surface area contributed by atoms with E-state index < -0.39 is 114 Å². The van der Waals surface area contributed by atoms with E-state index in [1.165, 1.54) is 73.4 Å². The number of amides is 8. The molecule has 34 heteroatoms. The molecule has 117 heavy (non-hydrogen) atoms. The van der Waals surface area contributed by atoms with Crippen molar-refractivity contribution in [3.63, 3.8) is 0 Å². The predicted molar refractivity (Wildman–Crippen MR) is 450 cm³/mol. The van der Waals surface area contributed by atoms with Gasteiger partial charge in [-0.15, -0.1) is 35.3 Å². The van der Waals surface area contributed by atoms with Gasteiger partial charge in [-0.2, -0.15) is 5.26 Å². The molecule has 0 unspecified atom stereocenters. The van der Waals surface area contributed by atoms with Crippen LogP contribution in [0, 0.1) is 29.1 Å². The minimum atomic E-state index is -1.12. The van der Waals surface area contributed by atoms with Crippen molar-refractivity contribution in [3.8, 4) is 6.07 Å². The summed E-state index contributed by atoms with van der Waals surface area (Å²) in [6.07, 6.45) is 21.4. The molecule has 0 aliphatic carbocycles. The fraction of sp³-hybridized carbons (Fsp3) is 0.506. The van der Waals surface area contributed by atoms with Crippen molar-refractivity contribution in [2.45, 2.75) is 252 Å². The molecule has 4 rings (SSSR count). The first kappa shape index (κ1) is 105. The number of thioether (sulfide) groups is 3. The van der Waals surface area contributed by atoms with Crippen molar-refractivity contribution in [2.24, 2.45) is 23.5 Å². The molecule has 1 aliphatic rings. The normalized spacial score (nSPS) is 15.5. The Hall–Kier alpha value is -10.5. The lowest BCUT2D eigenvalue weighted by atomic mass is 10.0. The van der Waals surface area contributed by atoms with Gasteiger partial charge in [0.1, 0.15) is 82.0 Å². The van der Waals surface area contributed by atoms with Gasteiger partial charge in [0.15, 0.2) is 0 Å². The Labute approximate surface area is 700 Å². The Balaban J connectivity index is 0.000000867. The third kappa shape index (κ3) is 39.8. The van der Waals surface area contributed by atoms with Crippen LogP contribution >= 0.6 is 35.3 Å². The highest BCUT2D eigenvalue weighted by molar-refractivity contribution is 7.99. The highest BCUT2D eigenvalue weighted by Gasteiger charge is 2.34. The fourth-order valence-electron chi connectivity index (χ4n) is 9.96. The standard InChI is InChI=1S/C31H46N4O7S.C25H36N4O6S.C25H34N4O5S.C2H3N/c1-10-12-13-14-22(17-20(5)36)41-29(39)25(19(3)4)35-27(37)23(11-2)34-28(38)26-24(43-9)16-15-21(33-26)18-32-30(40)42-31(6,7)8;1-6-8-9-10-17(13-20(30)31)35-25(34)21(15(3)4)29-23(32)18(7-2)28-24(33)22-19(36-5)12-11-16(14-26)27-22;1-6-8-9-10-17-13-20(30)26-14-16-11-12-19(35-5)22(27-16)24(32)28-18(7-2)23(31)29-21(15(3)4)25(33)34-17;1-2-3/h11,13-16,19,22,25H,10,12,17-18H2,1-9H3,(H,32,40)(H,34,38)(H,35,37);7,9-12,15,17,21H,6,8,13-14,26H2,1-5H3,(H,28,33)(H,29,32)(H,30,31);7,9-12,15,17,21H,6,8,13-14H2,1-5H3,(H,26,30)(H,28,32)(H,29,31);1H3/b14-13+,23-11-;2*10-9+,18-7-;/t22-,25+;2*17-,21+;/m111./s1. The third-order valence-electron chi connectivity index (χ3n) is 16.0. The van der Waals surface area contributed by atoms with Crippen LogP contribution in [0.2, 0.25) is 0 Å². The van der Waals surface area contributed by atoms with Crippen molar-refractivity contribution in [1.29, 1.82) is 5.26 Å². The van der Waals surface area contributed by atoms with E-state index in [0.29, 0.717) is 38.2 Å². The van der Waals surface area contributed by atoms with Gasteiger partial charge in [0.25, 0.3) is 35.4 Å². The number of nitrogens with one attached hydrogen (secondary N) is 8. The van der Waals surface area contributed by atoms with Crippen LogP contribution in [0.5, 0.6) is 0 Å². The molecule has 31 nitrogen and oxygen atoms in total. The van der Waals surface area contributed by atoms with Gasteiger partial charge in [0, 0.05) is 34.6 Å². The number of ketones is 1. The molecule has 3 aromatic heterocycles. The van der Waals surface area contributed by atoms with Crippen molar-refractivity contribution in [3.05, 3.63) is 142 Å². The number of nitrogens with two attached hydrogens (primary N) is 1. The average Bonchev–Trinajstić information content (AvgIpc) is 0.846. The number of pyridine rings is 3. The number of aliphatic carboxylic acids is 1. The van der Waals surface area contributed by atoms with Crippen LogP contribution in [0.25, 0.3) is 0 Å². The van der Waals surface area contributed by atoms with Crippen molar-refractivity contribution >= 4 is 112 Å². The number of Topliss-reactive ketones (excluding diaryl/α,β-unsaturated/α-hetero) is 1. The summed E-state index contributed by atoms with van der Waals surface area (Å²) in [7, 11) is 0. The van der Waals surface area contributed by atoms with E-state index in [4.69, 9.17) is 35.0 Å². The third-order valence-corrected chi connectivity index (χ3v) is 18.3. The number of alkyl carbamates (subject to hydrolysis) is 1. The van der Waals surface area contributed by atoms with Crippen LogP contribution < -0.4 is 48.3 Å². The minimum Gasteiger partial charge on any atom is -0.481 e. The topological polar surface area (TPSA) is 464 Å². The number of nitriles is 1. The van der Waals surface area contributed by atoms with Crippen molar-refractivity contribution < 1.29 is 86.4 Å². The molecule has 4 heterocycles. The number of hydrogen-bond acceptors (Lipinski definition) is 25. The van der Waals surface area contributed by atoms with Crippen LogP contribution in [0.1, 0.15) is 224 Å². The number of ether oxygens (including phenoxy) is 4. The zero-order valence-electron chi connectivity index (χ0n) is 70.8. The monoisotopic (exact) mass is 1680 g/mol. The zero-order chi connectivity index (χ0) is 88.7. The number of fused-ring (bicyclic) bond motifs is 2. The Bertz CT molecular complexity index is 4110. The summed E-state index contributed by atoms with van der Waals surface area (Å²) in [6.45, 7) is 29.6. The molecule has 0 saturated heterocycles. The number of cyclic esters (lactones) is 1. The Morgan fingerprint density at radius 1 is 0.692 bits per heavy atom. The van der Waals surface area contributed by atoms with E-state index in [-0.39, 0.29) is 96.1 Å². The second-order valence-electron chi connectivity index (χ2n) is 28.0. The van der Waals surface area contributed by atoms with E-state index in [0.717, 1.165) is 32.1 Å². The maximum atomic E-state index is 13.3. The van der Waals surface area contributed by atoms with Crippen LogP contribution in [0.4, 0.5) is 4.79 Å². The number of esters is 3. The van der Waals surface area contributed by atoms with Crippen LogP contribution in [0.3, 0.4) is 0 Å². The molecule has 0 aromatic carbocycles. The first-order valence-corrected chi connectivity index (χ1v) is 42.0. The van der Waals surface area contributed by atoms with Gasteiger partial charge < -0.3 is 72.3 Å². The maximum Gasteiger partial charge on any atom is 0.407 e. The quantitative estimate of drug-likeness (QED) is 0.00873. The molecular formula is C83H119N13O18S3. The van der Waals surface area contributed by atoms with Gasteiger partial charge in [-0.05, 0) is 159 Å². The zero-order valence-corrected chi connectivity index (χ0v) is 73.3. The highest BCUT2D eigenvalue weighted by Crippen LogP contribution is 2.24. The van der Waals surface area contributed by atoms with Crippen LogP contribution in [-0.4, -0.2) is 158 Å². The van der Waals surface area contributed by atoms with Gasteiger partial charge in [0.2, 0.25) is 5.91 Å². The lowest BCUT2D eigenvalue weighted by Gasteiger charge is -2.24. The second kappa shape index (κ2) is 55.9. The van der Waals surface area contributed by atoms with E-state index >= 15 is 0 Å². The van der Waals surface area contributed by atoms with E-state index in [2.05, 4.69) is 57.5 Å². The molecule has 0 fully saturated rings. The van der Waals surface area contributed by atoms with E-state index in [1.54, 1.807) is 156 Å². The van der Waals surface area contributed by atoms with Crippen LogP contribution in [-0.2, 0) is 81.7 Å². The van der Waals surface area contributed by atoms with Gasteiger partial charge in [0.05, 0.1) is 49.1 Å². The van der Waals surface area contributed by atoms with E-state index in [1.807, 2.05) is 39.2 Å². The molecule has 2 bridgehead atoms. The molecule has 8 amide bonds. The lowest BCUT2D eigenvalue weighted by Crippen LogP contribution is -2.48.